The normalized spacial score (nSPS) is 26.3. The third kappa shape index (κ3) is 3.23. The molecule has 1 saturated carbocycles. The maximum atomic E-state index is 13.7. The summed E-state index contributed by atoms with van der Waals surface area (Å²) in [4.78, 5) is 15.9. The first-order valence-corrected chi connectivity index (χ1v) is 10.2. The van der Waals surface area contributed by atoms with Gasteiger partial charge in [0.25, 0.3) is 5.91 Å². The van der Waals surface area contributed by atoms with Crippen molar-refractivity contribution >= 4 is 5.91 Å². The maximum absolute atomic E-state index is 13.7. The van der Waals surface area contributed by atoms with Gasteiger partial charge in [0.15, 0.2) is 0 Å². The Morgan fingerprint density at radius 2 is 1.68 bits per heavy atom. The van der Waals surface area contributed by atoms with Gasteiger partial charge in [-0.25, -0.2) is 0 Å². The summed E-state index contributed by atoms with van der Waals surface area (Å²) in [6.45, 7) is 3.69. The maximum Gasteiger partial charge on any atom is 0.250 e. The highest BCUT2D eigenvalue weighted by Gasteiger charge is 2.47. The molecule has 1 aromatic rings. The number of likely N-dealkylation sites (tertiary alicyclic amines) is 1. The second kappa shape index (κ2) is 7.10. The van der Waals surface area contributed by atoms with E-state index < -0.39 is 5.54 Å². The quantitative estimate of drug-likeness (QED) is 0.897. The molecule has 3 fully saturated rings. The zero-order valence-electron chi connectivity index (χ0n) is 15.4. The Hall–Kier alpha value is -1.36. The molecule has 1 aromatic heterocycles. The van der Waals surface area contributed by atoms with Gasteiger partial charge < -0.3 is 10.2 Å². The van der Waals surface area contributed by atoms with Gasteiger partial charge in [-0.05, 0) is 63.1 Å². The molecule has 5 heteroatoms. The minimum atomic E-state index is -0.474. The number of nitrogens with zero attached hydrogens (tertiary/aromatic N) is 3. The van der Waals surface area contributed by atoms with Crippen LogP contribution in [0, 0.1) is 5.41 Å². The molecule has 3 heterocycles. The molecule has 1 spiro atoms. The van der Waals surface area contributed by atoms with Crippen LogP contribution in [0.15, 0.2) is 18.5 Å². The van der Waals surface area contributed by atoms with Gasteiger partial charge in [0.05, 0.1) is 0 Å². The number of hydrogen-bond acceptors (Lipinski definition) is 3. The van der Waals surface area contributed by atoms with Gasteiger partial charge in [-0.1, -0.05) is 25.7 Å². The van der Waals surface area contributed by atoms with Crippen molar-refractivity contribution in [2.45, 2.75) is 69.7 Å². The first-order valence-electron chi connectivity index (χ1n) is 10.2. The van der Waals surface area contributed by atoms with E-state index in [-0.39, 0.29) is 0 Å². The summed E-state index contributed by atoms with van der Waals surface area (Å²) in [6.07, 6.45) is 16.0. The zero-order chi connectivity index (χ0) is 17.2. The van der Waals surface area contributed by atoms with Crippen molar-refractivity contribution in [3.63, 3.8) is 0 Å². The predicted octanol–water partition coefficient (Wildman–Crippen LogP) is 2.92. The summed E-state index contributed by atoms with van der Waals surface area (Å²) in [5, 5.41) is 7.90. The highest BCUT2D eigenvalue weighted by molar-refractivity contribution is 5.85. The van der Waals surface area contributed by atoms with Gasteiger partial charge in [0.1, 0.15) is 5.54 Å². The molecule has 25 heavy (non-hydrogen) atoms. The lowest BCUT2D eigenvalue weighted by Crippen LogP contribution is -2.58. The summed E-state index contributed by atoms with van der Waals surface area (Å²) >= 11 is 0. The van der Waals surface area contributed by atoms with Crippen LogP contribution in [0.25, 0.3) is 0 Å². The molecule has 5 nitrogen and oxygen atoms in total. The molecule has 3 aliphatic rings. The fourth-order valence-corrected chi connectivity index (χ4v) is 5.47. The number of carbonyl (C=O) groups excluding carboxylic acids is 1. The number of nitrogens with one attached hydrogen (secondary N) is 1. The highest BCUT2D eigenvalue weighted by atomic mass is 16.2. The van der Waals surface area contributed by atoms with Crippen LogP contribution in [0.3, 0.4) is 0 Å². The lowest BCUT2D eigenvalue weighted by atomic mass is 9.73. The average Bonchev–Trinajstić information content (AvgIpc) is 3.12. The number of rotatable bonds is 2. The van der Waals surface area contributed by atoms with E-state index in [9.17, 15) is 4.79 Å². The first kappa shape index (κ1) is 17.1. The van der Waals surface area contributed by atoms with E-state index in [0.29, 0.717) is 11.3 Å². The van der Waals surface area contributed by atoms with Gasteiger partial charge in [-0.2, -0.15) is 5.10 Å². The van der Waals surface area contributed by atoms with Crippen LogP contribution in [-0.4, -0.2) is 46.8 Å². The largest absolute Gasteiger partial charge is 0.340 e. The van der Waals surface area contributed by atoms with Gasteiger partial charge in [0, 0.05) is 25.5 Å². The van der Waals surface area contributed by atoms with E-state index in [1.165, 1.54) is 51.4 Å². The minimum Gasteiger partial charge on any atom is -0.340 e. The van der Waals surface area contributed by atoms with E-state index in [1.807, 2.05) is 16.9 Å². The number of carbonyl (C=O) groups is 1. The fraction of sp³-hybridized carbons (Fsp3) is 0.800. The predicted molar refractivity (Wildman–Crippen MR) is 98.3 cm³/mol. The van der Waals surface area contributed by atoms with Crippen molar-refractivity contribution in [2.24, 2.45) is 5.41 Å². The molecule has 0 unspecified atom stereocenters. The molecule has 1 amide bonds. The Balaban J connectivity index is 1.57. The van der Waals surface area contributed by atoms with Crippen molar-refractivity contribution in [3.05, 3.63) is 18.5 Å². The smallest absolute Gasteiger partial charge is 0.250 e. The van der Waals surface area contributed by atoms with Crippen LogP contribution < -0.4 is 5.32 Å². The molecule has 138 valence electrons. The summed E-state index contributed by atoms with van der Waals surface area (Å²) in [5.74, 6) is 0.320. The van der Waals surface area contributed by atoms with Crippen LogP contribution in [0.1, 0.15) is 64.2 Å². The van der Waals surface area contributed by atoms with Gasteiger partial charge in [0.2, 0.25) is 0 Å². The average molecular weight is 345 g/mol. The number of piperidine rings is 2. The monoisotopic (exact) mass is 344 g/mol. The standard InChI is InChI=1S/C20H32N4O/c25-18(20(10-13-21-14-11-20)24-16-6-12-22-24)23-15-5-9-19(17-23)7-3-1-2-4-8-19/h6,12,16,21H,1-5,7-11,13-15,17H2. The molecule has 0 bridgehead atoms. The molecule has 4 rings (SSSR count). The Labute approximate surface area is 151 Å². The van der Waals surface area contributed by atoms with Crippen molar-refractivity contribution in [1.29, 1.82) is 0 Å². The summed E-state index contributed by atoms with van der Waals surface area (Å²) in [7, 11) is 0. The van der Waals surface area contributed by atoms with Crippen molar-refractivity contribution in [1.82, 2.24) is 20.0 Å². The van der Waals surface area contributed by atoms with Gasteiger partial charge in [-0.15, -0.1) is 0 Å². The Bertz CT molecular complexity index is 569. The molecule has 2 aliphatic heterocycles. The summed E-state index contributed by atoms with van der Waals surface area (Å²) in [6, 6.07) is 1.94. The molecule has 0 atom stereocenters. The minimum absolute atomic E-state index is 0.320. The molecule has 1 aliphatic carbocycles. The van der Waals surface area contributed by atoms with Crippen molar-refractivity contribution < 1.29 is 4.79 Å². The molecule has 1 N–H and O–H groups in total. The molecule has 0 aromatic carbocycles. The van der Waals surface area contributed by atoms with Crippen LogP contribution >= 0.6 is 0 Å². The Kier molecular flexibility index (Phi) is 4.85. The van der Waals surface area contributed by atoms with Gasteiger partial charge in [-0.3, -0.25) is 9.48 Å². The summed E-state index contributed by atoms with van der Waals surface area (Å²) < 4.78 is 1.95. The molecule has 0 radical (unpaired) electrons. The van der Waals surface area contributed by atoms with Crippen LogP contribution in [0.5, 0.6) is 0 Å². The van der Waals surface area contributed by atoms with E-state index in [4.69, 9.17) is 0 Å². The zero-order valence-corrected chi connectivity index (χ0v) is 15.4. The molecular weight excluding hydrogens is 312 g/mol. The van der Waals surface area contributed by atoms with Gasteiger partial charge >= 0.3 is 0 Å². The molecule has 2 saturated heterocycles. The van der Waals surface area contributed by atoms with Crippen LogP contribution in [0.2, 0.25) is 0 Å². The number of aromatic nitrogens is 2. The fourth-order valence-electron chi connectivity index (χ4n) is 5.47. The summed E-state index contributed by atoms with van der Waals surface area (Å²) in [5.41, 5.74) is -0.0827. The molecular formula is C20H32N4O. The van der Waals surface area contributed by atoms with Crippen LogP contribution in [0.4, 0.5) is 0 Å². The van der Waals surface area contributed by atoms with E-state index in [0.717, 1.165) is 39.0 Å². The Morgan fingerprint density at radius 1 is 0.960 bits per heavy atom. The van der Waals surface area contributed by atoms with Crippen molar-refractivity contribution in [2.75, 3.05) is 26.2 Å². The van der Waals surface area contributed by atoms with E-state index in [1.54, 1.807) is 6.20 Å². The second-order valence-corrected chi connectivity index (χ2v) is 8.48. The second-order valence-electron chi connectivity index (χ2n) is 8.48. The third-order valence-corrected chi connectivity index (χ3v) is 6.88. The third-order valence-electron chi connectivity index (χ3n) is 6.88. The van der Waals surface area contributed by atoms with E-state index >= 15 is 0 Å². The van der Waals surface area contributed by atoms with Crippen LogP contribution in [-0.2, 0) is 10.3 Å². The topological polar surface area (TPSA) is 50.2 Å². The number of hydrogen-bond donors (Lipinski definition) is 1. The van der Waals surface area contributed by atoms with Crippen molar-refractivity contribution in [3.8, 4) is 0 Å². The Morgan fingerprint density at radius 3 is 2.36 bits per heavy atom. The first-order chi connectivity index (χ1) is 12.2. The SMILES string of the molecule is O=C(N1CCCC2(CCCCCC2)C1)C1(n2cccn2)CCNCC1. The van der Waals surface area contributed by atoms with E-state index in [2.05, 4.69) is 15.3 Å². The highest BCUT2D eigenvalue weighted by Crippen LogP contribution is 2.43. The number of amides is 1. The lowest BCUT2D eigenvalue weighted by molar-refractivity contribution is -0.147. The lowest BCUT2D eigenvalue weighted by Gasteiger charge is -2.47.